The van der Waals surface area contributed by atoms with E-state index in [1.54, 1.807) is 0 Å². The molecule has 1 unspecified atom stereocenters. The Morgan fingerprint density at radius 1 is 1.19 bits per heavy atom. The van der Waals surface area contributed by atoms with Crippen LogP contribution in [0.2, 0.25) is 5.02 Å². The molecule has 1 amide bonds. The van der Waals surface area contributed by atoms with Crippen molar-refractivity contribution in [3.05, 3.63) is 50.1 Å². The Labute approximate surface area is 230 Å². The number of ether oxygens (including phenoxy) is 2. The molecule has 0 aliphatic heterocycles. The van der Waals surface area contributed by atoms with E-state index in [-0.39, 0.29) is 17.8 Å². The number of anilines is 1. The number of aryl methyl sites for hydroxylation is 3. The van der Waals surface area contributed by atoms with Crippen LogP contribution in [0.25, 0.3) is 0 Å². The smallest absolute Gasteiger partial charge is 0.341 e. The Hall–Kier alpha value is -2.56. The van der Waals surface area contributed by atoms with Gasteiger partial charge in [0.15, 0.2) is 17.1 Å². The number of benzene rings is 1. The summed E-state index contributed by atoms with van der Waals surface area (Å²) in [6, 6.07) is 3.80. The molecule has 2 heterocycles. The van der Waals surface area contributed by atoms with Crippen LogP contribution in [0.1, 0.15) is 70.0 Å². The maximum atomic E-state index is 12.8. The summed E-state index contributed by atoms with van der Waals surface area (Å²) in [5, 5.41) is 13.4. The number of hydrogen-bond donors (Lipinski definition) is 1. The van der Waals surface area contributed by atoms with Gasteiger partial charge in [0.2, 0.25) is 5.91 Å². The summed E-state index contributed by atoms with van der Waals surface area (Å²) in [6.07, 6.45) is 4.66. The van der Waals surface area contributed by atoms with Crippen molar-refractivity contribution in [2.45, 2.75) is 64.1 Å². The van der Waals surface area contributed by atoms with E-state index in [4.69, 9.17) is 21.1 Å². The van der Waals surface area contributed by atoms with Crippen molar-refractivity contribution in [3.63, 3.8) is 0 Å². The summed E-state index contributed by atoms with van der Waals surface area (Å²) in [7, 11) is 3.22. The Bertz CT molecular complexity index is 1300. The molecule has 0 fully saturated rings. The second-order valence-electron chi connectivity index (χ2n) is 9.13. The van der Waals surface area contributed by atoms with Crippen molar-refractivity contribution in [2.75, 3.05) is 18.2 Å². The minimum Gasteiger partial charge on any atom is -0.483 e. The molecule has 0 saturated carbocycles. The first kappa shape index (κ1) is 27.5. The molecule has 1 aliphatic carbocycles. The van der Waals surface area contributed by atoms with Crippen molar-refractivity contribution in [2.24, 2.45) is 7.05 Å². The molecule has 4 rings (SSSR count). The number of rotatable bonds is 8. The molecule has 11 heteroatoms. The lowest BCUT2D eigenvalue weighted by Gasteiger charge is -2.16. The van der Waals surface area contributed by atoms with Gasteiger partial charge in [0.25, 0.3) is 0 Å². The zero-order valence-corrected chi connectivity index (χ0v) is 24.0. The third kappa shape index (κ3) is 6.13. The molecule has 8 nitrogen and oxygen atoms in total. The number of thioether (sulfide) groups is 1. The number of hydrogen-bond acceptors (Lipinski definition) is 8. The van der Waals surface area contributed by atoms with Gasteiger partial charge in [-0.1, -0.05) is 29.8 Å². The standard InChI is InChI=1S/C26H31ClN4O4S2/c1-14-11-17(12-15(2)22(14)27)35-16(3)23-29-30-26(31(23)4)36-13-20(32)28-24-21(25(33)34-5)18-9-7-6-8-10-19(18)37-24/h11-12,16H,6-10,13H2,1-5H3,(H,28,32). The average Bonchev–Trinajstić information content (AvgIpc) is 3.30. The number of nitrogens with one attached hydrogen (secondary N) is 1. The summed E-state index contributed by atoms with van der Waals surface area (Å²) in [5.41, 5.74) is 3.42. The molecular weight excluding hydrogens is 532 g/mol. The SMILES string of the molecule is COC(=O)c1c(NC(=O)CSc2nnc(C(C)Oc3cc(C)c(Cl)c(C)c3)n2C)sc2c1CCCCC2. The number of carbonyl (C=O) groups is 2. The fourth-order valence-corrected chi connectivity index (χ4v) is 6.60. The fraction of sp³-hybridized carbons (Fsp3) is 0.462. The molecule has 0 saturated heterocycles. The number of esters is 1. The minimum absolute atomic E-state index is 0.125. The van der Waals surface area contributed by atoms with Gasteiger partial charge in [0.1, 0.15) is 10.8 Å². The van der Waals surface area contributed by atoms with Crippen molar-refractivity contribution >= 4 is 51.6 Å². The monoisotopic (exact) mass is 562 g/mol. The van der Waals surface area contributed by atoms with E-state index >= 15 is 0 Å². The van der Waals surface area contributed by atoms with Gasteiger partial charge in [-0.15, -0.1) is 21.5 Å². The second kappa shape index (κ2) is 11.9. The van der Waals surface area contributed by atoms with E-state index in [1.165, 1.54) is 35.1 Å². The van der Waals surface area contributed by atoms with Crippen molar-refractivity contribution in [1.82, 2.24) is 14.8 Å². The number of thiophene rings is 1. The summed E-state index contributed by atoms with van der Waals surface area (Å²) < 4.78 is 12.9. The van der Waals surface area contributed by atoms with Crippen LogP contribution in [0.3, 0.4) is 0 Å². The zero-order valence-electron chi connectivity index (χ0n) is 21.6. The molecule has 198 valence electrons. The first-order valence-corrected chi connectivity index (χ1v) is 14.4. The van der Waals surface area contributed by atoms with Crippen LogP contribution >= 0.6 is 34.7 Å². The van der Waals surface area contributed by atoms with E-state index in [0.717, 1.165) is 53.8 Å². The normalized spacial score (nSPS) is 14.0. The van der Waals surface area contributed by atoms with Gasteiger partial charge in [0, 0.05) is 16.9 Å². The van der Waals surface area contributed by atoms with Gasteiger partial charge < -0.3 is 19.4 Å². The fourth-order valence-electron chi connectivity index (χ4n) is 4.48. The van der Waals surface area contributed by atoms with Crippen molar-refractivity contribution in [1.29, 1.82) is 0 Å². The number of carbonyl (C=O) groups excluding carboxylic acids is 2. The highest BCUT2D eigenvalue weighted by Crippen LogP contribution is 2.38. The number of amides is 1. The number of halogens is 1. The highest BCUT2D eigenvalue weighted by molar-refractivity contribution is 7.99. The quantitative estimate of drug-likeness (QED) is 0.202. The number of methoxy groups -OCH3 is 1. The van der Waals surface area contributed by atoms with Crippen LogP contribution in [0.15, 0.2) is 17.3 Å². The topological polar surface area (TPSA) is 95.3 Å². The molecule has 1 atom stereocenters. The second-order valence-corrected chi connectivity index (χ2v) is 11.6. The summed E-state index contributed by atoms with van der Waals surface area (Å²) >= 11 is 9.03. The summed E-state index contributed by atoms with van der Waals surface area (Å²) in [4.78, 5) is 26.5. The predicted octanol–water partition coefficient (Wildman–Crippen LogP) is 6.07. The van der Waals surface area contributed by atoms with Crippen LogP contribution in [0, 0.1) is 13.8 Å². The first-order chi connectivity index (χ1) is 17.7. The molecule has 2 aromatic heterocycles. The number of aromatic nitrogens is 3. The molecule has 0 radical (unpaired) electrons. The lowest BCUT2D eigenvalue weighted by molar-refractivity contribution is -0.113. The molecule has 0 bridgehead atoms. The van der Waals surface area contributed by atoms with Crippen LogP contribution in [-0.2, 0) is 29.4 Å². The predicted molar refractivity (Wildman–Crippen MR) is 147 cm³/mol. The maximum absolute atomic E-state index is 12.8. The maximum Gasteiger partial charge on any atom is 0.341 e. The van der Waals surface area contributed by atoms with Crippen LogP contribution in [0.4, 0.5) is 5.00 Å². The number of nitrogens with zero attached hydrogens (tertiary/aromatic N) is 3. The molecule has 1 aromatic carbocycles. The van der Waals surface area contributed by atoms with Gasteiger partial charge in [0.05, 0.1) is 18.4 Å². The minimum atomic E-state index is -0.402. The Balaban J connectivity index is 1.41. The van der Waals surface area contributed by atoms with Crippen LogP contribution < -0.4 is 10.1 Å². The van der Waals surface area contributed by atoms with E-state index in [0.29, 0.717) is 27.3 Å². The highest BCUT2D eigenvalue weighted by Gasteiger charge is 2.26. The zero-order chi connectivity index (χ0) is 26.7. The van der Waals surface area contributed by atoms with Gasteiger partial charge >= 0.3 is 5.97 Å². The van der Waals surface area contributed by atoms with E-state index in [9.17, 15) is 9.59 Å². The Kier molecular flexibility index (Phi) is 8.82. The van der Waals surface area contributed by atoms with Crippen molar-refractivity contribution < 1.29 is 19.1 Å². The van der Waals surface area contributed by atoms with Gasteiger partial charge in [-0.05, 0) is 75.3 Å². The molecule has 37 heavy (non-hydrogen) atoms. The lowest BCUT2D eigenvalue weighted by atomic mass is 10.1. The Morgan fingerprint density at radius 2 is 1.89 bits per heavy atom. The summed E-state index contributed by atoms with van der Waals surface area (Å²) in [6.45, 7) is 5.78. The molecule has 1 aliphatic rings. The lowest BCUT2D eigenvalue weighted by Crippen LogP contribution is -2.17. The van der Waals surface area contributed by atoms with Crippen LogP contribution in [0.5, 0.6) is 5.75 Å². The first-order valence-electron chi connectivity index (χ1n) is 12.2. The third-order valence-corrected chi connectivity index (χ3v) is 9.17. The molecule has 0 spiro atoms. The molecule has 3 aromatic rings. The van der Waals surface area contributed by atoms with E-state index < -0.39 is 5.97 Å². The molecule has 1 N–H and O–H groups in total. The van der Waals surface area contributed by atoms with E-state index in [2.05, 4.69) is 15.5 Å². The van der Waals surface area contributed by atoms with Gasteiger partial charge in [-0.25, -0.2) is 4.79 Å². The summed E-state index contributed by atoms with van der Waals surface area (Å²) in [5.74, 6) is 0.857. The van der Waals surface area contributed by atoms with Crippen LogP contribution in [-0.4, -0.2) is 39.5 Å². The average molecular weight is 563 g/mol. The molecular formula is C26H31ClN4O4S2. The Morgan fingerprint density at radius 3 is 2.59 bits per heavy atom. The largest absolute Gasteiger partial charge is 0.483 e. The third-order valence-electron chi connectivity index (χ3n) is 6.35. The number of fused-ring (bicyclic) bond motifs is 1. The van der Waals surface area contributed by atoms with Gasteiger partial charge in [-0.2, -0.15) is 0 Å². The van der Waals surface area contributed by atoms with E-state index in [1.807, 2.05) is 44.5 Å². The van der Waals surface area contributed by atoms with Gasteiger partial charge in [-0.3, -0.25) is 4.79 Å². The van der Waals surface area contributed by atoms with Crippen molar-refractivity contribution in [3.8, 4) is 5.75 Å². The highest BCUT2D eigenvalue weighted by atomic mass is 35.5.